The molecule has 0 heterocycles. The van der Waals surface area contributed by atoms with E-state index in [1.165, 1.54) is 0 Å². The lowest BCUT2D eigenvalue weighted by molar-refractivity contribution is -0.128. The zero-order chi connectivity index (χ0) is 12.0. The topological polar surface area (TPSA) is 57.5 Å². The summed E-state index contributed by atoms with van der Waals surface area (Å²) in [5.74, 6) is -3.10. The summed E-state index contributed by atoms with van der Waals surface area (Å²) in [6.45, 7) is 0. The molecule has 0 unspecified atom stereocenters. The van der Waals surface area contributed by atoms with Gasteiger partial charge in [0.05, 0.1) is 0 Å². The molecule has 2 aromatic carbocycles. The summed E-state index contributed by atoms with van der Waals surface area (Å²) in [7, 11) is 0. The SMILES string of the molecule is O=C1c2ccccc2-c2ccccc2C1(O)O. The van der Waals surface area contributed by atoms with E-state index in [0.29, 0.717) is 11.1 Å². The Morgan fingerprint density at radius 2 is 1.29 bits per heavy atom. The van der Waals surface area contributed by atoms with Gasteiger partial charge in [0, 0.05) is 11.1 Å². The molecule has 3 rings (SSSR count). The van der Waals surface area contributed by atoms with Crippen LogP contribution in [-0.4, -0.2) is 16.0 Å². The third kappa shape index (κ3) is 1.27. The average molecular weight is 226 g/mol. The average Bonchev–Trinajstić information content (AvgIpc) is 2.37. The van der Waals surface area contributed by atoms with Gasteiger partial charge in [-0.2, -0.15) is 0 Å². The molecule has 0 bridgehead atoms. The highest BCUT2D eigenvalue weighted by Gasteiger charge is 2.42. The van der Waals surface area contributed by atoms with Crippen molar-refractivity contribution in [3.05, 3.63) is 59.7 Å². The van der Waals surface area contributed by atoms with E-state index in [0.717, 1.165) is 5.56 Å². The molecular formula is C14H10O3. The fraction of sp³-hybridized carbons (Fsp3) is 0.0714. The van der Waals surface area contributed by atoms with Gasteiger partial charge in [0.25, 0.3) is 5.79 Å². The molecule has 2 aromatic rings. The number of rotatable bonds is 0. The Morgan fingerprint density at radius 1 is 0.765 bits per heavy atom. The molecule has 0 spiro atoms. The number of carbonyl (C=O) groups excluding carboxylic acids is 1. The van der Waals surface area contributed by atoms with Crippen molar-refractivity contribution in [2.24, 2.45) is 0 Å². The number of benzene rings is 2. The fourth-order valence-corrected chi connectivity index (χ4v) is 2.25. The first-order valence-corrected chi connectivity index (χ1v) is 5.31. The maximum atomic E-state index is 12.0. The highest BCUT2D eigenvalue weighted by molar-refractivity contribution is 6.10. The monoisotopic (exact) mass is 226 g/mol. The number of aliphatic hydroxyl groups is 2. The lowest BCUT2D eigenvalue weighted by atomic mass is 9.81. The maximum Gasteiger partial charge on any atom is 0.256 e. The van der Waals surface area contributed by atoms with Crippen LogP contribution in [0.25, 0.3) is 11.1 Å². The van der Waals surface area contributed by atoms with Crippen LogP contribution in [0.4, 0.5) is 0 Å². The molecule has 17 heavy (non-hydrogen) atoms. The summed E-state index contributed by atoms with van der Waals surface area (Å²) in [5.41, 5.74) is 2.01. The minimum Gasteiger partial charge on any atom is -0.356 e. The summed E-state index contributed by atoms with van der Waals surface area (Å²) in [6.07, 6.45) is 0. The smallest absolute Gasteiger partial charge is 0.256 e. The lowest BCUT2D eigenvalue weighted by Crippen LogP contribution is -2.38. The summed E-state index contributed by atoms with van der Waals surface area (Å²) in [4.78, 5) is 12.0. The molecule has 0 saturated carbocycles. The number of hydrogen-bond donors (Lipinski definition) is 2. The summed E-state index contributed by atoms with van der Waals surface area (Å²) >= 11 is 0. The Bertz CT molecular complexity index is 614. The fourth-order valence-electron chi connectivity index (χ4n) is 2.25. The van der Waals surface area contributed by atoms with Crippen LogP contribution in [0.3, 0.4) is 0 Å². The molecule has 0 radical (unpaired) electrons. The minimum atomic E-state index is -2.43. The van der Waals surface area contributed by atoms with Gasteiger partial charge in [0.15, 0.2) is 0 Å². The molecule has 0 amide bonds. The van der Waals surface area contributed by atoms with Crippen LogP contribution < -0.4 is 0 Å². The highest BCUT2D eigenvalue weighted by Crippen LogP contribution is 2.40. The zero-order valence-corrected chi connectivity index (χ0v) is 8.92. The highest BCUT2D eigenvalue weighted by atomic mass is 16.5. The van der Waals surface area contributed by atoms with Gasteiger partial charge in [0.2, 0.25) is 5.78 Å². The molecule has 1 aliphatic carbocycles. The van der Waals surface area contributed by atoms with Crippen LogP contribution in [-0.2, 0) is 5.79 Å². The van der Waals surface area contributed by atoms with E-state index >= 15 is 0 Å². The second-order valence-electron chi connectivity index (χ2n) is 4.09. The maximum absolute atomic E-state index is 12.0. The van der Waals surface area contributed by atoms with E-state index in [2.05, 4.69) is 0 Å². The third-order valence-corrected chi connectivity index (χ3v) is 3.08. The van der Waals surface area contributed by atoms with Crippen molar-refractivity contribution in [3.63, 3.8) is 0 Å². The normalized spacial score (nSPS) is 16.2. The summed E-state index contributed by atoms with van der Waals surface area (Å²) in [6, 6.07) is 13.8. The van der Waals surface area contributed by atoms with Crippen LogP contribution in [0.1, 0.15) is 15.9 Å². The van der Waals surface area contributed by atoms with Gasteiger partial charge in [-0.25, -0.2) is 0 Å². The minimum absolute atomic E-state index is 0.240. The molecule has 0 aromatic heterocycles. The molecule has 1 aliphatic rings. The Hall–Kier alpha value is -1.97. The van der Waals surface area contributed by atoms with Gasteiger partial charge >= 0.3 is 0 Å². The Morgan fingerprint density at radius 3 is 2.00 bits per heavy atom. The van der Waals surface area contributed by atoms with E-state index in [1.54, 1.807) is 36.4 Å². The van der Waals surface area contributed by atoms with Crippen molar-refractivity contribution in [1.82, 2.24) is 0 Å². The number of hydrogen-bond acceptors (Lipinski definition) is 3. The lowest BCUT2D eigenvalue weighted by Gasteiger charge is -2.29. The molecular weight excluding hydrogens is 216 g/mol. The predicted octanol–water partition coefficient (Wildman–Crippen LogP) is 1.69. The quantitative estimate of drug-likeness (QED) is 0.672. The van der Waals surface area contributed by atoms with Crippen molar-refractivity contribution in [2.45, 2.75) is 5.79 Å². The van der Waals surface area contributed by atoms with E-state index in [-0.39, 0.29) is 5.56 Å². The standard InChI is InChI=1S/C14H10O3/c15-13-11-7-2-1-5-9(11)10-6-3-4-8-12(10)14(13,16)17/h1-8,16-17H. The van der Waals surface area contributed by atoms with E-state index in [9.17, 15) is 15.0 Å². The second kappa shape index (κ2) is 3.26. The van der Waals surface area contributed by atoms with Crippen molar-refractivity contribution in [2.75, 3.05) is 0 Å². The molecule has 0 fully saturated rings. The van der Waals surface area contributed by atoms with Gasteiger partial charge in [-0.15, -0.1) is 0 Å². The number of Topliss-reactive ketones (excluding diaryl/α,β-unsaturated/α-hetero) is 1. The molecule has 3 nitrogen and oxygen atoms in total. The largest absolute Gasteiger partial charge is 0.356 e. The first-order valence-electron chi connectivity index (χ1n) is 5.31. The Labute approximate surface area is 98.0 Å². The van der Waals surface area contributed by atoms with Crippen LogP contribution in [0, 0.1) is 0 Å². The molecule has 3 heteroatoms. The number of carbonyl (C=O) groups is 1. The predicted molar refractivity (Wildman–Crippen MR) is 62.3 cm³/mol. The first kappa shape index (κ1) is 10.2. The van der Waals surface area contributed by atoms with E-state index in [1.807, 2.05) is 12.1 Å². The Kier molecular flexibility index (Phi) is 1.96. The number of fused-ring (bicyclic) bond motifs is 3. The molecule has 0 saturated heterocycles. The van der Waals surface area contributed by atoms with Crippen LogP contribution in [0.5, 0.6) is 0 Å². The molecule has 0 aliphatic heterocycles. The zero-order valence-electron chi connectivity index (χ0n) is 8.92. The molecule has 0 atom stereocenters. The third-order valence-electron chi connectivity index (χ3n) is 3.08. The van der Waals surface area contributed by atoms with Crippen LogP contribution in [0.2, 0.25) is 0 Å². The van der Waals surface area contributed by atoms with Crippen LogP contribution in [0.15, 0.2) is 48.5 Å². The second-order valence-corrected chi connectivity index (χ2v) is 4.09. The first-order chi connectivity index (χ1) is 8.12. The van der Waals surface area contributed by atoms with Gasteiger partial charge < -0.3 is 10.2 Å². The Balaban J connectivity index is 2.42. The van der Waals surface area contributed by atoms with Crippen molar-refractivity contribution < 1.29 is 15.0 Å². The molecule has 84 valence electrons. The van der Waals surface area contributed by atoms with Crippen molar-refractivity contribution in [1.29, 1.82) is 0 Å². The van der Waals surface area contributed by atoms with E-state index in [4.69, 9.17) is 0 Å². The van der Waals surface area contributed by atoms with Gasteiger partial charge in [0.1, 0.15) is 0 Å². The summed E-state index contributed by atoms with van der Waals surface area (Å²) in [5, 5.41) is 19.9. The van der Waals surface area contributed by atoms with Crippen LogP contribution >= 0.6 is 0 Å². The summed E-state index contributed by atoms with van der Waals surface area (Å²) < 4.78 is 0. The van der Waals surface area contributed by atoms with E-state index < -0.39 is 11.6 Å². The van der Waals surface area contributed by atoms with Gasteiger partial charge in [-0.3, -0.25) is 4.79 Å². The van der Waals surface area contributed by atoms with Crippen molar-refractivity contribution in [3.8, 4) is 11.1 Å². The number of ketones is 1. The van der Waals surface area contributed by atoms with Gasteiger partial charge in [-0.1, -0.05) is 48.5 Å². The van der Waals surface area contributed by atoms with Gasteiger partial charge in [-0.05, 0) is 11.1 Å². The molecule has 2 N–H and O–H groups in total. The van der Waals surface area contributed by atoms with Crippen molar-refractivity contribution >= 4 is 5.78 Å².